The highest BCUT2D eigenvalue weighted by atomic mass is 32.1. The lowest BCUT2D eigenvalue weighted by Crippen LogP contribution is -2.47. The molecule has 0 aromatic carbocycles. The van der Waals surface area contributed by atoms with Crippen LogP contribution >= 0.6 is 11.3 Å². The summed E-state index contributed by atoms with van der Waals surface area (Å²) in [7, 11) is 0. The fourth-order valence-corrected chi connectivity index (χ4v) is 3.95. The largest absolute Gasteiger partial charge is 0.339 e. The molecule has 0 radical (unpaired) electrons. The van der Waals surface area contributed by atoms with Gasteiger partial charge < -0.3 is 10.2 Å². The topological polar surface area (TPSA) is 41.0 Å². The third-order valence-electron chi connectivity index (χ3n) is 4.04. The van der Waals surface area contributed by atoms with E-state index >= 15 is 0 Å². The fourth-order valence-electron chi connectivity index (χ4n) is 3.01. The van der Waals surface area contributed by atoms with Gasteiger partial charge in [0.2, 0.25) is 5.95 Å². The van der Waals surface area contributed by atoms with Gasteiger partial charge in [-0.25, -0.2) is 9.97 Å². The van der Waals surface area contributed by atoms with Crippen LogP contribution in [0.25, 0.3) is 0 Å². The van der Waals surface area contributed by atoms with Gasteiger partial charge in [0.05, 0.1) is 0 Å². The van der Waals surface area contributed by atoms with Crippen molar-refractivity contribution in [2.45, 2.75) is 38.8 Å². The van der Waals surface area contributed by atoms with Crippen molar-refractivity contribution >= 4 is 17.3 Å². The molecule has 5 heteroatoms. The molecule has 112 valence electrons. The molecular weight excluding hydrogens is 280 g/mol. The predicted octanol–water partition coefficient (Wildman–Crippen LogP) is 3.17. The van der Waals surface area contributed by atoms with Crippen LogP contribution in [0, 0.1) is 6.92 Å². The molecule has 1 N–H and O–H groups in total. The van der Waals surface area contributed by atoms with Crippen LogP contribution in [0.15, 0.2) is 29.9 Å². The van der Waals surface area contributed by atoms with Crippen molar-refractivity contribution in [1.82, 2.24) is 15.3 Å². The zero-order chi connectivity index (χ0) is 14.7. The van der Waals surface area contributed by atoms with Gasteiger partial charge in [0.25, 0.3) is 0 Å². The number of hydrogen-bond acceptors (Lipinski definition) is 5. The predicted molar refractivity (Wildman–Crippen MR) is 87.9 cm³/mol. The molecule has 2 aromatic heterocycles. The van der Waals surface area contributed by atoms with Crippen LogP contribution in [0.5, 0.6) is 0 Å². The molecule has 1 aliphatic heterocycles. The van der Waals surface area contributed by atoms with E-state index in [-0.39, 0.29) is 0 Å². The summed E-state index contributed by atoms with van der Waals surface area (Å²) in [5.41, 5.74) is 1.39. The quantitative estimate of drug-likeness (QED) is 0.942. The first-order valence-electron chi connectivity index (χ1n) is 7.56. The van der Waals surface area contributed by atoms with E-state index in [0.717, 1.165) is 19.0 Å². The van der Waals surface area contributed by atoms with Crippen LogP contribution in [0.2, 0.25) is 0 Å². The summed E-state index contributed by atoms with van der Waals surface area (Å²) in [6.45, 7) is 6.49. The van der Waals surface area contributed by atoms with Crippen molar-refractivity contribution in [3.8, 4) is 0 Å². The van der Waals surface area contributed by atoms with Crippen LogP contribution < -0.4 is 10.2 Å². The Kier molecular flexibility index (Phi) is 4.51. The Hall–Kier alpha value is -1.46. The first kappa shape index (κ1) is 14.5. The Balaban J connectivity index is 1.63. The minimum absolute atomic E-state index is 0.409. The van der Waals surface area contributed by atoms with Gasteiger partial charge in [-0.3, -0.25) is 0 Å². The van der Waals surface area contributed by atoms with Crippen LogP contribution in [-0.2, 0) is 0 Å². The molecule has 1 fully saturated rings. The Morgan fingerprint density at radius 3 is 2.90 bits per heavy atom. The number of piperidine rings is 1. The lowest BCUT2D eigenvalue weighted by molar-refractivity contribution is 0.387. The maximum absolute atomic E-state index is 4.37. The molecule has 0 amide bonds. The number of anilines is 1. The summed E-state index contributed by atoms with van der Waals surface area (Å²) in [5, 5.41) is 5.95. The van der Waals surface area contributed by atoms with Crippen molar-refractivity contribution < 1.29 is 0 Å². The molecule has 21 heavy (non-hydrogen) atoms. The van der Waals surface area contributed by atoms with Gasteiger partial charge in [0.15, 0.2) is 0 Å². The first-order valence-corrected chi connectivity index (χ1v) is 8.44. The van der Waals surface area contributed by atoms with Crippen LogP contribution in [0.3, 0.4) is 0 Å². The van der Waals surface area contributed by atoms with Gasteiger partial charge in [-0.2, -0.15) is 0 Å². The van der Waals surface area contributed by atoms with E-state index in [1.54, 1.807) is 0 Å². The molecule has 3 heterocycles. The molecule has 2 atom stereocenters. The van der Waals surface area contributed by atoms with E-state index in [0.29, 0.717) is 12.1 Å². The fraction of sp³-hybridized carbons (Fsp3) is 0.500. The molecule has 0 bridgehead atoms. The molecule has 0 spiro atoms. The highest BCUT2D eigenvalue weighted by molar-refractivity contribution is 7.10. The summed E-state index contributed by atoms with van der Waals surface area (Å²) in [6.07, 6.45) is 6.04. The number of rotatable bonds is 4. The van der Waals surface area contributed by atoms with Gasteiger partial charge in [0, 0.05) is 42.4 Å². The van der Waals surface area contributed by atoms with Crippen molar-refractivity contribution in [1.29, 1.82) is 0 Å². The number of hydrogen-bond donors (Lipinski definition) is 1. The molecular formula is C16H22N4S. The van der Waals surface area contributed by atoms with E-state index < -0.39 is 0 Å². The summed E-state index contributed by atoms with van der Waals surface area (Å²) >= 11 is 1.84. The zero-order valence-corrected chi connectivity index (χ0v) is 13.4. The summed E-state index contributed by atoms with van der Waals surface area (Å²) in [5.74, 6) is 0.851. The molecule has 1 saturated heterocycles. The molecule has 1 aliphatic rings. The molecule has 0 aliphatic carbocycles. The average molecular weight is 302 g/mol. The second-order valence-electron chi connectivity index (χ2n) is 5.69. The number of aromatic nitrogens is 2. The van der Waals surface area contributed by atoms with E-state index in [1.807, 2.05) is 29.8 Å². The maximum Gasteiger partial charge on any atom is 0.225 e. The Morgan fingerprint density at radius 2 is 2.19 bits per heavy atom. The summed E-state index contributed by atoms with van der Waals surface area (Å²) in [6, 6.07) is 4.97. The van der Waals surface area contributed by atoms with Crippen LogP contribution in [0.1, 0.15) is 36.2 Å². The highest BCUT2D eigenvalue weighted by Crippen LogP contribution is 2.25. The van der Waals surface area contributed by atoms with E-state index in [1.165, 1.54) is 23.3 Å². The van der Waals surface area contributed by atoms with Gasteiger partial charge in [-0.05, 0) is 49.8 Å². The monoisotopic (exact) mass is 302 g/mol. The number of thiophene rings is 1. The van der Waals surface area contributed by atoms with E-state index in [4.69, 9.17) is 0 Å². The minimum atomic E-state index is 0.409. The molecule has 3 rings (SSSR count). The standard InChI is InChI=1S/C16H22N4S/c1-12-6-10-21-15(12)13(2)19-14-5-3-9-20(11-14)16-17-7-4-8-18-16/h4,6-8,10,13-14,19H,3,5,9,11H2,1-2H3. The van der Waals surface area contributed by atoms with Crippen molar-refractivity contribution in [2.75, 3.05) is 18.0 Å². The van der Waals surface area contributed by atoms with Gasteiger partial charge >= 0.3 is 0 Å². The third-order valence-corrected chi connectivity index (χ3v) is 5.24. The number of nitrogens with zero attached hydrogens (tertiary/aromatic N) is 3. The zero-order valence-electron chi connectivity index (χ0n) is 12.6. The highest BCUT2D eigenvalue weighted by Gasteiger charge is 2.23. The van der Waals surface area contributed by atoms with Crippen LogP contribution in [0.4, 0.5) is 5.95 Å². The van der Waals surface area contributed by atoms with Crippen molar-refractivity contribution in [3.05, 3.63) is 40.3 Å². The smallest absolute Gasteiger partial charge is 0.225 e. The maximum atomic E-state index is 4.37. The lowest BCUT2D eigenvalue weighted by Gasteiger charge is -2.34. The van der Waals surface area contributed by atoms with Gasteiger partial charge in [0.1, 0.15) is 0 Å². The second-order valence-corrected chi connectivity index (χ2v) is 6.64. The molecule has 2 unspecified atom stereocenters. The summed E-state index contributed by atoms with van der Waals surface area (Å²) < 4.78 is 0. The third kappa shape index (κ3) is 3.41. The van der Waals surface area contributed by atoms with E-state index in [9.17, 15) is 0 Å². The average Bonchev–Trinajstić information content (AvgIpc) is 2.95. The Labute approximate surface area is 130 Å². The second kappa shape index (κ2) is 6.54. The minimum Gasteiger partial charge on any atom is -0.339 e. The van der Waals surface area contributed by atoms with E-state index in [2.05, 4.69) is 45.5 Å². The Morgan fingerprint density at radius 1 is 1.38 bits per heavy atom. The first-order chi connectivity index (χ1) is 10.2. The SMILES string of the molecule is Cc1ccsc1C(C)NC1CCCN(c2ncccn2)C1. The van der Waals surface area contributed by atoms with Crippen molar-refractivity contribution in [3.63, 3.8) is 0 Å². The van der Waals surface area contributed by atoms with Crippen LogP contribution in [-0.4, -0.2) is 29.1 Å². The molecule has 0 saturated carbocycles. The van der Waals surface area contributed by atoms with Gasteiger partial charge in [-0.15, -0.1) is 11.3 Å². The molecule has 4 nitrogen and oxygen atoms in total. The van der Waals surface area contributed by atoms with Gasteiger partial charge in [-0.1, -0.05) is 0 Å². The Bertz CT molecular complexity index is 569. The summed E-state index contributed by atoms with van der Waals surface area (Å²) in [4.78, 5) is 12.5. The lowest BCUT2D eigenvalue weighted by atomic mass is 10.0. The molecule has 2 aromatic rings. The number of aryl methyl sites for hydroxylation is 1. The number of nitrogens with one attached hydrogen (secondary N) is 1. The normalized spacial score (nSPS) is 20.5. The van der Waals surface area contributed by atoms with Crippen molar-refractivity contribution in [2.24, 2.45) is 0 Å².